The van der Waals surface area contributed by atoms with E-state index in [0.717, 1.165) is 16.5 Å². The van der Waals surface area contributed by atoms with E-state index < -0.39 is 0 Å². The summed E-state index contributed by atoms with van der Waals surface area (Å²) in [5, 5.41) is 2.89. The van der Waals surface area contributed by atoms with Gasteiger partial charge in [-0.2, -0.15) is 0 Å². The largest absolute Gasteiger partial charge is 0.352 e. The lowest BCUT2D eigenvalue weighted by molar-refractivity contribution is 0.0953. The smallest absolute Gasteiger partial charge is 0.251 e. The second-order valence-corrected chi connectivity index (χ2v) is 6.21. The van der Waals surface area contributed by atoms with Gasteiger partial charge in [0.05, 0.1) is 0 Å². The van der Waals surface area contributed by atoms with Gasteiger partial charge in [-0.1, -0.05) is 38.8 Å². The van der Waals surface area contributed by atoms with E-state index in [1.165, 1.54) is 0 Å². The second kappa shape index (κ2) is 6.40. The van der Waals surface area contributed by atoms with Crippen LogP contribution in [-0.4, -0.2) is 17.3 Å². The lowest BCUT2D eigenvalue weighted by Gasteiger charge is -2.07. The third-order valence-electron chi connectivity index (χ3n) is 2.25. The van der Waals surface area contributed by atoms with Crippen LogP contribution in [-0.2, 0) is 0 Å². The Morgan fingerprint density at radius 3 is 2.75 bits per heavy atom. The molecule has 1 amide bonds. The normalized spacial score (nSPS) is 12.2. The number of nitrogens with one attached hydrogen (secondary N) is 1. The molecule has 0 heterocycles. The minimum absolute atomic E-state index is 0.0104. The highest BCUT2D eigenvalue weighted by molar-refractivity contribution is 9.10. The number of amides is 1. The molecule has 0 aliphatic heterocycles. The van der Waals surface area contributed by atoms with Crippen molar-refractivity contribution < 1.29 is 4.79 Å². The van der Waals surface area contributed by atoms with Gasteiger partial charge in [0.15, 0.2) is 0 Å². The summed E-state index contributed by atoms with van der Waals surface area (Å²) in [5.74, 6) is -0.0104. The minimum Gasteiger partial charge on any atom is -0.352 e. The molecular weight excluding hydrogens is 334 g/mol. The van der Waals surface area contributed by atoms with Crippen molar-refractivity contribution in [3.8, 4) is 0 Å². The maximum Gasteiger partial charge on any atom is 0.251 e. The van der Waals surface area contributed by atoms with Gasteiger partial charge in [-0.05, 0) is 37.1 Å². The molecule has 4 heteroatoms. The molecule has 0 aromatic heterocycles. The summed E-state index contributed by atoms with van der Waals surface area (Å²) in [6.07, 6.45) is 0.932. The van der Waals surface area contributed by atoms with Crippen molar-refractivity contribution in [2.75, 3.05) is 6.54 Å². The number of hydrogen-bond donors (Lipinski definition) is 1. The molecule has 0 fully saturated rings. The van der Waals surface area contributed by atoms with Gasteiger partial charge in [0, 0.05) is 21.4 Å². The van der Waals surface area contributed by atoms with Crippen molar-refractivity contribution in [1.82, 2.24) is 5.32 Å². The number of aryl methyl sites for hydroxylation is 1. The number of halogens is 2. The van der Waals surface area contributed by atoms with E-state index in [2.05, 4.69) is 44.1 Å². The SMILES string of the molecule is Cc1cc(C(=O)NCCC(C)Br)ccc1Br. The molecule has 1 rings (SSSR count). The number of rotatable bonds is 4. The first kappa shape index (κ1) is 13.7. The first-order chi connectivity index (χ1) is 7.50. The number of alkyl halides is 1. The molecule has 2 nitrogen and oxygen atoms in total. The standard InChI is InChI=1S/C12H15Br2NO/c1-8-7-10(3-4-11(8)14)12(16)15-6-5-9(2)13/h3-4,7,9H,5-6H2,1-2H3,(H,15,16). The fraction of sp³-hybridized carbons (Fsp3) is 0.417. The fourth-order valence-corrected chi connectivity index (χ4v) is 1.75. The van der Waals surface area contributed by atoms with Gasteiger partial charge in [0.1, 0.15) is 0 Å². The lowest BCUT2D eigenvalue weighted by atomic mass is 10.1. The van der Waals surface area contributed by atoms with Crippen LogP contribution in [0.2, 0.25) is 0 Å². The van der Waals surface area contributed by atoms with Gasteiger partial charge >= 0.3 is 0 Å². The molecule has 1 aromatic carbocycles. The van der Waals surface area contributed by atoms with E-state index in [0.29, 0.717) is 16.9 Å². The highest BCUT2D eigenvalue weighted by atomic mass is 79.9. The average Bonchev–Trinajstić information content (AvgIpc) is 2.21. The third-order valence-corrected chi connectivity index (χ3v) is 3.60. The number of carbonyl (C=O) groups is 1. The summed E-state index contributed by atoms with van der Waals surface area (Å²) in [4.78, 5) is 12.2. The number of hydrogen-bond acceptors (Lipinski definition) is 1. The van der Waals surface area contributed by atoms with Crippen molar-refractivity contribution in [2.24, 2.45) is 0 Å². The minimum atomic E-state index is -0.0104. The van der Waals surface area contributed by atoms with Crippen LogP contribution in [0.4, 0.5) is 0 Å². The molecule has 0 aliphatic carbocycles. The molecule has 0 saturated heterocycles. The number of carbonyl (C=O) groups excluding carboxylic acids is 1. The van der Waals surface area contributed by atoms with Crippen LogP contribution in [0.25, 0.3) is 0 Å². The van der Waals surface area contributed by atoms with E-state index in [-0.39, 0.29) is 5.91 Å². The molecule has 0 saturated carbocycles. The molecule has 0 spiro atoms. The first-order valence-corrected chi connectivity index (χ1v) is 6.90. The summed E-state index contributed by atoms with van der Waals surface area (Å²) in [5.41, 5.74) is 1.78. The van der Waals surface area contributed by atoms with Gasteiger partial charge in [0.2, 0.25) is 0 Å². The molecule has 1 aromatic rings. The maximum absolute atomic E-state index is 11.7. The number of benzene rings is 1. The van der Waals surface area contributed by atoms with E-state index in [4.69, 9.17) is 0 Å². The lowest BCUT2D eigenvalue weighted by Crippen LogP contribution is -2.25. The Balaban J connectivity index is 2.56. The van der Waals surface area contributed by atoms with Gasteiger partial charge in [-0.25, -0.2) is 0 Å². The summed E-state index contributed by atoms with van der Waals surface area (Å²) >= 11 is 6.86. The second-order valence-electron chi connectivity index (χ2n) is 3.79. The molecule has 1 atom stereocenters. The highest BCUT2D eigenvalue weighted by Gasteiger charge is 2.06. The Hall–Kier alpha value is -0.350. The Kier molecular flexibility index (Phi) is 5.49. The predicted octanol–water partition coefficient (Wildman–Crippen LogP) is 3.66. The van der Waals surface area contributed by atoms with Crippen LogP contribution in [0, 0.1) is 6.92 Å². The summed E-state index contributed by atoms with van der Waals surface area (Å²) < 4.78 is 1.03. The maximum atomic E-state index is 11.7. The zero-order chi connectivity index (χ0) is 12.1. The van der Waals surface area contributed by atoms with Crippen LogP contribution in [0.3, 0.4) is 0 Å². The molecule has 1 N–H and O–H groups in total. The summed E-state index contributed by atoms with van der Waals surface area (Å²) in [6.45, 7) is 4.73. The van der Waals surface area contributed by atoms with Crippen molar-refractivity contribution in [1.29, 1.82) is 0 Å². The van der Waals surface area contributed by atoms with E-state index in [1.54, 1.807) is 0 Å². The summed E-state index contributed by atoms with van der Waals surface area (Å²) in [7, 11) is 0. The molecule has 0 bridgehead atoms. The van der Waals surface area contributed by atoms with Crippen LogP contribution in [0.15, 0.2) is 22.7 Å². The first-order valence-electron chi connectivity index (χ1n) is 5.19. The van der Waals surface area contributed by atoms with Crippen molar-refractivity contribution in [2.45, 2.75) is 25.1 Å². The Labute approximate surface area is 113 Å². The van der Waals surface area contributed by atoms with Crippen molar-refractivity contribution >= 4 is 37.8 Å². The van der Waals surface area contributed by atoms with Crippen LogP contribution in [0.5, 0.6) is 0 Å². The van der Waals surface area contributed by atoms with Crippen molar-refractivity contribution in [3.05, 3.63) is 33.8 Å². The third kappa shape index (κ3) is 4.26. The quantitative estimate of drug-likeness (QED) is 0.826. The monoisotopic (exact) mass is 347 g/mol. The van der Waals surface area contributed by atoms with E-state index >= 15 is 0 Å². The van der Waals surface area contributed by atoms with Crippen LogP contribution in [0.1, 0.15) is 29.3 Å². The van der Waals surface area contributed by atoms with Gasteiger partial charge in [-0.15, -0.1) is 0 Å². The van der Waals surface area contributed by atoms with Crippen LogP contribution >= 0.6 is 31.9 Å². The summed E-state index contributed by atoms with van der Waals surface area (Å²) in [6, 6.07) is 5.61. The fourth-order valence-electron chi connectivity index (χ4n) is 1.27. The average molecular weight is 349 g/mol. The molecule has 1 unspecified atom stereocenters. The van der Waals surface area contributed by atoms with Crippen molar-refractivity contribution in [3.63, 3.8) is 0 Å². The van der Waals surface area contributed by atoms with E-state index in [1.807, 2.05) is 25.1 Å². The molecule has 88 valence electrons. The molecular formula is C12H15Br2NO. The molecule has 0 radical (unpaired) electrons. The molecule has 16 heavy (non-hydrogen) atoms. The topological polar surface area (TPSA) is 29.1 Å². The Morgan fingerprint density at radius 1 is 1.50 bits per heavy atom. The Bertz CT molecular complexity index is 377. The Morgan fingerprint density at radius 2 is 2.19 bits per heavy atom. The zero-order valence-corrected chi connectivity index (χ0v) is 12.6. The zero-order valence-electron chi connectivity index (χ0n) is 9.39. The predicted molar refractivity (Wildman–Crippen MR) is 74.2 cm³/mol. The highest BCUT2D eigenvalue weighted by Crippen LogP contribution is 2.16. The van der Waals surface area contributed by atoms with Gasteiger partial charge in [-0.3, -0.25) is 4.79 Å². The van der Waals surface area contributed by atoms with Crippen LogP contribution < -0.4 is 5.32 Å². The van der Waals surface area contributed by atoms with E-state index in [9.17, 15) is 4.79 Å². The van der Waals surface area contributed by atoms with Gasteiger partial charge in [0.25, 0.3) is 5.91 Å². The van der Waals surface area contributed by atoms with Gasteiger partial charge < -0.3 is 5.32 Å². The molecule has 0 aliphatic rings.